The van der Waals surface area contributed by atoms with E-state index in [0.29, 0.717) is 11.1 Å². The predicted molar refractivity (Wildman–Crippen MR) is 120 cm³/mol. The topological polar surface area (TPSA) is 92.0 Å². The van der Waals surface area contributed by atoms with Gasteiger partial charge in [-0.05, 0) is 42.2 Å². The lowest BCUT2D eigenvalue weighted by molar-refractivity contribution is 0.143. The number of pyridine rings is 1. The minimum Gasteiger partial charge on any atom is -0.449 e. The Bertz CT molecular complexity index is 1240. The summed E-state index contributed by atoms with van der Waals surface area (Å²) >= 11 is 5.96. The second kappa shape index (κ2) is 9.18. The molecule has 0 saturated carbocycles. The van der Waals surface area contributed by atoms with Crippen LogP contribution in [0.2, 0.25) is 5.02 Å². The van der Waals surface area contributed by atoms with E-state index in [4.69, 9.17) is 16.7 Å². The van der Waals surface area contributed by atoms with E-state index in [1.807, 2.05) is 6.07 Å². The van der Waals surface area contributed by atoms with Crippen LogP contribution in [0, 0.1) is 5.82 Å². The Morgan fingerprint density at radius 3 is 2.62 bits per heavy atom. The molecular weight excluding hydrogens is 439 g/mol. The van der Waals surface area contributed by atoms with Crippen LogP contribution in [0.4, 0.5) is 14.9 Å². The van der Waals surface area contributed by atoms with Gasteiger partial charge in [-0.15, -0.1) is 0 Å². The van der Waals surface area contributed by atoms with E-state index in [9.17, 15) is 19.1 Å². The summed E-state index contributed by atoms with van der Waals surface area (Å²) in [4.78, 5) is 26.2. The molecule has 0 radical (unpaired) electrons. The van der Waals surface area contributed by atoms with Gasteiger partial charge in [0.05, 0.1) is 28.7 Å². The molecule has 168 valence electrons. The fourth-order valence-corrected chi connectivity index (χ4v) is 4.38. The third kappa shape index (κ3) is 4.28. The molecular formula is C23H22ClFN2O5. The number of halogens is 2. The zero-order chi connectivity index (χ0) is 22.8. The highest BCUT2D eigenvalue weighted by atomic mass is 35.5. The van der Waals surface area contributed by atoms with Gasteiger partial charge in [-0.1, -0.05) is 23.7 Å². The number of hydrogen-bond acceptors (Lipinski definition) is 5. The number of fused-ring (bicyclic) bond motifs is 1. The molecule has 1 aliphatic rings. The number of carbonyl (C=O) groups is 1. The first-order chi connectivity index (χ1) is 15.4. The molecule has 1 saturated heterocycles. The largest absolute Gasteiger partial charge is 0.511 e. The molecule has 2 heterocycles. The van der Waals surface area contributed by atoms with E-state index in [0.717, 1.165) is 37.2 Å². The molecule has 0 amide bonds. The summed E-state index contributed by atoms with van der Waals surface area (Å²) < 4.78 is 20.9. The lowest BCUT2D eigenvalue weighted by Crippen LogP contribution is -2.22. The number of nitrogens with zero attached hydrogens (tertiary/aromatic N) is 2. The molecule has 2 aromatic carbocycles. The third-order valence-corrected chi connectivity index (χ3v) is 5.94. The first kappa shape index (κ1) is 22.1. The number of hydrogen-bond donors (Lipinski definition) is 2. The second-order valence-corrected chi connectivity index (χ2v) is 8.10. The van der Waals surface area contributed by atoms with Gasteiger partial charge in [0.1, 0.15) is 5.82 Å². The molecule has 1 aromatic heterocycles. The van der Waals surface area contributed by atoms with Crippen molar-refractivity contribution < 1.29 is 24.1 Å². The van der Waals surface area contributed by atoms with Gasteiger partial charge in [-0.25, -0.2) is 9.18 Å². The van der Waals surface area contributed by atoms with Crippen molar-refractivity contribution in [3.05, 3.63) is 68.7 Å². The number of rotatable bonds is 6. The second-order valence-electron chi connectivity index (χ2n) is 7.69. The maximum Gasteiger partial charge on any atom is 0.511 e. The van der Waals surface area contributed by atoms with Crippen LogP contribution in [0.1, 0.15) is 24.0 Å². The molecule has 0 atom stereocenters. The maximum atomic E-state index is 14.6. The summed E-state index contributed by atoms with van der Waals surface area (Å²) in [6, 6.07) is 8.30. The molecule has 1 fully saturated rings. The Labute approximate surface area is 188 Å². The molecule has 0 spiro atoms. The van der Waals surface area contributed by atoms with Crippen LogP contribution < -0.4 is 15.1 Å². The average molecular weight is 461 g/mol. The smallest absolute Gasteiger partial charge is 0.449 e. The highest BCUT2D eigenvalue weighted by Crippen LogP contribution is 2.32. The fraction of sp³-hybridized carbons (Fsp3) is 0.304. The summed E-state index contributed by atoms with van der Waals surface area (Å²) in [7, 11) is 0. The van der Waals surface area contributed by atoms with Crippen molar-refractivity contribution in [1.29, 1.82) is 0 Å². The van der Waals surface area contributed by atoms with Gasteiger partial charge in [-0.2, -0.15) is 0 Å². The van der Waals surface area contributed by atoms with E-state index in [1.165, 1.54) is 12.3 Å². The first-order valence-electron chi connectivity index (χ1n) is 10.3. The third-order valence-electron chi connectivity index (χ3n) is 5.65. The molecule has 32 heavy (non-hydrogen) atoms. The summed E-state index contributed by atoms with van der Waals surface area (Å²) in [5.41, 5.74) is 1.94. The van der Waals surface area contributed by atoms with Gasteiger partial charge < -0.3 is 24.4 Å². The minimum absolute atomic E-state index is 0.0217. The Morgan fingerprint density at radius 2 is 1.94 bits per heavy atom. The molecule has 1 aliphatic heterocycles. The Hall–Kier alpha value is -3.10. The number of benzene rings is 2. The zero-order valence-electron chi connectivity index (χ0n) is 17.2. The number of aliphatic hydroxyl groups excluding tert-OH is 1. The highest BCUT2D eigenvalue weighted by Gasteiger charge is 2.21. The van der Waals surface area contributed by atoms with Gasteiger partial charge in [0.2, 0.25) is 5.43 Å². The van der Waals surface area contributed by atoms with Gasteiger partial charge in [0.25, 0.3) is 0 Å². The van der Waals surface area contributed by atoms with Crippen molar-refractivity contribution >= 4 is 34.3 Å². The molecule has 0 aliphatic carbocycles. The highest BCUT2D eigenvalue weighted by molar-refractivity contribution is 6.30. The van der Waals surface area contributed by atoms with Gasteiger partial charge in [0.15, 0.2) is 5.75 Å². The molecule has 7 nitrogen and oxygen atoms in total. The molecule has 3 aromatic rings. The quantitative estimate of drug-likeness (QED) is 0.539. The average Bonchev–Trinajstić information content (AvgIpc) is 3.29. The van der Waals surface area contributed by atoms with Crippen LogP contribution in [-0.4, -0.2) is 40.6 Å². The Morgan fingerprint density at radius 1 is 1.19 bits per heavy atom. The molecule has 2 N–H and O–H groups in total. The van der Waals surface area contributed by atoms with Gasteiger partial charge in [0, 0.05) is 31.7 Å². The van der Waals surface area contributed by atoms with Crippen molar-refractivity contribution in [3.63, 3.8) is 0 Å². The number of aliphatic hydroxyl groups is 1. The standard InChI is InChI=1S/C23H22ClFN2O5/c24-17-5-3-4-14(21(17)25)10-15-11-16-19(12-18(15)26-6-1-2-7-26)27(8-9-28)13-20(22(16)29)32-23(30)31/h3-5,11-13,28H,1-2,6-10H2,(H,30,31). The fourth-order valence-electron chi connectivity index (χ4n) is 4.19. The first-order valence-corrected chi connectivity index (χ1v) is 10.7. The summed E-state index contributed by atoms with van der Waals surface area (Å²) in [5, 5.41) is 18.7. The molecule has 0 unspecified atom stereocenters. The van der Waals surface area contributed by atoms with E-state index in [1.54, 1.807) is 22.8 Å². The lowest BCUT2D eigenvalue weighted by atomic mass is 9.99. The van der Waals surface area contributed by atoms with Crippen molar-refractivity contribution in [1.82, 2.24) is 4.57 Å². The van der Waals surface area contributed by atoms with E-state index >= 15 is 0 Å². The van der Waals surface area contributed by atoms with Crippen LogP contribution >= 0.6 is 11.6 Å². The van der Waals surface area contributed by atoms with Crippen LogP contribution in [0.15, 0.2) is 41.3 Å². The molecule has 4 rings (SSSR count). The predicted octanol–water partition coefficient (Wildman–Crippen LogP) is 4.03. The molecule has 9 heteroatoms. The van der Waals surface area contributed by atoms with Crippen LogP contribution in [0.5, 0.6) is 5.75 Å². The number of aromatic nitrogens is 1. The Balaban J connectivity index is 1.94. The monoisotopic (exact) mass is 460 g/mol. The molecule has 0 bridgehead atoms. The van der Waals surface area contributed by atoms with Gasteiger partial charge >= 0.3 is 6.16 Å². The van der Waals surface area contributed by atoms with E-state index < -0.39 is 17.4 Å². The normalized spacial score (nSPS) is 13.7. The summed E-state index contributed by atoms with van der Waals surface area (Å²) in [6.07, 6.45) is 1.94. The van der Waals surface area contributed by atoms with Crippen molar-refractivity contribution in [2.24, 2.45) is 0 Å². The van der Waals surface area contributed by atoms with Crippen molar-refractivity contribution in [2.45, 2.75) is 25.8 Å². The van der Waals surface area contributed by atoms with E-state index in [2.05, 4.69) is 9.64 Å². The minimum atomic E-state index is -1.60. The number of ether oxygens (including phenoxy) is 1. The van der Waals surface area contributed by atoms with E-state index in [-0.39, 0.29) is 35.7 Å². The lowest BCUT2D eigenvalue weighted by Gasteiger charge is -2.24. The number of anilines is 1. The van der Waals surface area contributed by atoms with Crippen LogP contribution in [0.25, 0.3) is 10.9 Å². The van der Waals surface area contributed by atoms with Crippen molar-refractivity contribution in [3.8, 4) is 5.75 Å². The Kier molecular flexibility index (Phi) is 6.34. The van der Waals surface area contributed by atoms with Crippen molar-refractivity contribution in [2.75, 3.05) is 24.6 Å². The summed E-state index contributed by atoms with van der Waals surface area (Å²) in [6.45, 7) is 1.61. The zero-order valence-corrected chi connectivity index (χ0v) is 17.9. The summed E-state index contributed by atoms with van der Waals surface area (Å²) in [5.74, 6) is -0.866. The van der Waals surface area contributed by atoms with Crippen LogP contribution in [0.3, 0.4) is 0 Å². The number of carboxylic acid groups (broad SMARTS) is 1. The maximum absolute atomic E-state index is 14.6. The van der Waals surface area contributed by atoms with Crippen LogP contribution in [-0.2, 0) is 13.0 Å². The SMILES string of the molecule is O=C(O)Oc1cn(CCO)c2cc(N3CCCC3)c(Cc3cccc(Cl)c3F)cc2c1=O. The van der Waals surface area contributed by atoms with Gasteiger partial charge in [-0.3, -0.25) is 4.79 Å².